The maximum absolute atomic E-state index is 12.4. The molecule has 0 bridgehead atoms. The van der Waals surface area contributed by atoms with Gasteiger partial charge in [-0.05, 0) is 39.3 Å². The van der Waals surface area contributed by atoms with Crippen molar-refractivity contribution in [2.75, 3.05) is 46.4 Å². The van der Waals surface area contributed by atoms with Crippen LogP contribution in [0.25, 0.3) is 0 Å². The number of thiazole rings is 1. The lowest BCUT2D eigenvalue weighted by atomic mass is 9.99. The average molecular weight is 338 g/mol. The number of ether oxygens (including phenoxy) is 1. The molecule has 2 saturated heterocycles. The first kappa shape index (κ1) is 16.7. The molecule has 7 heteroatoms. The number of nitrogens with one attached hydrogen (secondary N) is 1. The highest BCUT2D eigenvalue weighted by Crippen LogP contribution is 2.25. The predicted octanol–water partition coefficient (Wildman–Crippen LogP) is 1.88. The standard InChI is InChI=1S/C16H26N4O2S/c1-12-11-23-15(18-12)14-10-20(6-7-22-14)16(21)17-8-13-4-3-5-19(2)9-13/h11,13-14H,3-10H2,1-2H3,(H,17,21)/t13-,14+/m0/s1. The van der Waals surface area contributed by atoms with Crippen LogP contribution in [0.15, 0.2) is 5.38 Å². The van der Waals surface area contributed by atoms with Crippen LogP contribution in [-0.4, -0.2) is 67.2 Å². The maximum atomic E-state index is 12.4. The van der Waals surface area contributed by atoms with Crippen molar-refractivity contribution in [1.82, 2.24) is 20.1 Å². The van der Waals surface area contributed by atoms with Crippen LogP contribution in [0.2, 0.25) is 0 Å². The monoisotopic (exact) mass is 338 g/mol. The summed E-state index contributed by atoms with van der Waals surface area (Å²) in [7, 11) is 2.15. The van der Waals surface area contributed by atoms with Crippen LogP contribution in [0.5, 0.6) is 0 Å². The fourth-order valence-electron chi connectivity index (χ4n) is 3.29. The van der Waals surface area contributed by atoms with Gasteiger partial charge in [0.15, 0.2) is 0 Å². The van der Waals surface area contributed by atoms with Crippen molar-refractivity contribution in [2.24, 2.45) is 5.92 Å². The first-order chi connectivity index (χ1) is 11.1. The number of aryl methyl sites for hydroxylation is 1. The Bertz CT molecular complexity index is 536. The fraction of sp³-hybridized carbons (Fsp3) is 0.750. The normalized spacial score (nSPS) is 26.3. The lowest BCUT2D eigenvalue weighted by Gasteiger charge is -2.33. The van der Waals surface area contributed by atoms with E-state index in [1.165, 1.54) is 19.4 Å². The van der Waals surface area contributed by atoms with E-state index in [2.05, 4.69) is 22.2 Å². The van der Waals surface area contributed by atoms with E-state index >= 15 is 0 Å². The molecule has 3 heterocycles. The minimum Gasteiger partial charge on any atom is -0.367 e. The van der Waals surface area contributed by atoms with Gasteiger partial charge in [-0.15, -0.1) is 11.3 Å². The minimum atomic E-state index is -0.0889. The Hall–Kier alpha value is -1.18. The molecule has 0 unspecified atom stereocenters. The minimum absolute atomic E-state index is 0.0276. The molecular formula is C16H26N4O2S. The summed E-state index contributed by atoms with van der Waals surface area (Å²) in [5, 5.41) is 6.10. The molecule has 2 aliphatic heterocycles. The molecule has 0 aliphatic carbocycles. The van der Waals surface area contributed by atoms with Crippen LogP contribution >= 0.6 is 11.3 Å². The molecule has 0 saturated carbocycles. The van der Waals surface area contributed by atoms with Crippen LogP contribution in [-0.2, 0) is 4.74 Å². The predicted molar refractivity (Wildman–Crippen MR) is 90.7 cm³/mol. The number of nitrogens with zero attached hydrogens (tertiary/aromatic N) is 3. The molecule has 2 fully saturated rings. The first-order valence-corrected chi connectivity index (χ1v) is 9.24. The molecule has 128 valence electrons. The van der Waals surface area contributed by atoms with Crippen molar-refractivity contribution in [1.29, 1.82) is 0 Å². The molecular weight excluding hydrogens is 312 g/mol. The van der Waals surface area contributed by atoms with E-state index in [4.69, 9.17) is 4.74 Å². The van der Waals surface area contributed by atoms with Crippen LogP contribution in [0.4, 0.5) is 4.79 Å². The average Bonchev–Trinajstić information content (AvgIpc) is 2.99. The number of morpholine rings is 1. The topological polar surface area (TPSA) is 57.7 Å². The van der Waals surface area contributed by atoms with Crippen molar-refractivity contribution >= 4 is 17.4 Å². The van der Waals surface area contributed by atoms with Crippen molar-refractivity contribution < 1.29 is 9.53 Å². The van der Waals surface area contributed by atoms with Crippen LogP contribution in [0.1, 0.15) is 29.6 Å². The van der Waals surface area contributed by atoms with E-state index in [9.17, 15) is 4.79 Å². The number of carbonyl (C=O) groups is 1. The number of urea groups is 1. The highest BCUT2D eigenvalue weighted by Gasteiger charge is 2.27. The zero-order valence-corrected chi connectivity index (χ0v) is 14.8. The summed E-state index contributed by atoms with van der Waals surface area (Å²) < 4.78 is 5.79. The molecule has 2 amide bonds. The zero-order valence-electron chi connectivity index (χ0n) is 14.0. The molecule has 23 heavy (non-hydrogen) atoms. The smallest absolute Gasteiger partial charge is 0.317 e. The fourth-order valence-corrected chi connectivity index (χ4v) is 4.12. The van der Waals surface area contributed by atoms with Crippen molar-refractivity contribution in [3.63, 3.8) is 0 Å². The van der Waals surface area contributed by atoms with Crippen LogP contribution in [0.3, 0.4) is 0 Å². The third-order valence-corrected chi connectivity index (χ3v) is 5.58. The number of carbonyl (C=O) groups excluding carboxylic acids is 1. The Morgan fingerprint density at radius 1 is 1.48 bits per heavy atom. The number of amides is 2. The van der Waals surface area contributed by atoms with Gasteiger partial charge in [-0.3, -0.25) is 0 Å². The molecule has 0 radical (unpaired) electrons. The highest BCUT2D eigenvalue weighted by atomic mass is 32.1. The number of piperidine rings is 1. The van der Waals surface area contributed by atoms with Gasteiger partial charge in [0.05, 0.1) is 13.2 Å². The molecule has 3 rings (SSSR count). The summed E-state index contributed by atoms with van der Waals surface area (Å²) in [5.41, 5.74) is 1.01. The Kier molecular flexibility index (Phi) is 5.50. The lowest BCUT2D eigenvalue weighted by Crippen LogP contribution is -2.49. The van der Waals surface area contributed by atoms with E-state index in [0.29, 0.717) is 25.6 Å². The van der Waals surface area contributed by atoms with Gasteiger partial charge in [0.2, 0.25) is 0 Å². The van der Waals surface area contributed by atoms with E-state index in [0.717, 1.165) is 23.8 Å². The quantitative estimate of drug-likeness (QED) is 0.914. The zero-order chi connectivity index (χ0) is 16.2. The second-order valence-corrected chi connectivity index (χ2v) is 7.48. The number of hydrogen-bond donors (Lipinski definition) is 1. The highest BCUT2D eigenvalue weighted by molar-refractivity contribution is 7.09. The van der Waals surface area contributed by atoms with E-state index in [1.54, 1.807) is 11.3 Å². The molecule has 1 aromatic rings. The van der Waals surface area contributed by atoms with Gasteiger partial charge in [0.1, 0.15) is 11.1 Å². The number of likely N-dealkylation sites (tertiary alicyclic amines) is 1. The Labute approximate surface area is 141 Å². The maximum Gasteiger partial charge on any atom is 0.317 e. The van der Waals surface area contributed by atoms with Gasteiger partial charge in [0.25, 0.3) is 0 Å². The van der Waals surface area contributed by atoms with Gasteiger partial charge < -0.3 is 19.9 Å². The number of hydrogen-bond acceptors (Lipinski definition) is 5. The second kappa shape index (κ2) is 7.59. The summed E-state index contributed by atoms with van der Waals surface area (Å²) in [6.07, 6.45) is 2.34. The van der Waals surface area contributed by atoms with Gasteiger partial charge in [-0.1, -0.05) is 0 Å². The molecule has 6 nitrogen and oxygen atoms in total. The van der Waals surface area contributed by atoms with Gasteiger partial charge in [0, 0.05) is 30.7 Å². The van der Waals surface area contributed by atoms with Gasteiger partial charge in [-0.2, -0.15) is 0 Å². The lowest BCUT2D eigenvalue weighted by molar-refractivity contribution is -0.0157. The Balaban J connectivity index is 1.49. The van der Waals surface area contributed by atoms with Crippen LogP contribution < -0.4 is 5.32 Å². The third-order valence-electron chi connectivity index (χ3n) is 4.53. The Morgan fingerprint density at radius 3 is 3.09 bits per heavy atom. The molecule has 0 aromatic carbocycles. The van der Waals surface area contributed by atoms with E-state index in [-0.39, 0.29) is 12.1 Å². The second-order valence-electron chi connectivity index (χ2n) is 6.59. The molecule has 0 spiro atoms. The molecule has 2 aliphatic rings. The SMILES string of the molecule is Cc1csc([C@H]2CN(C(=O)NC[C@@H]3CCCN(C)C3)CCO2)n1. The van der Waals surface area contributed by atoms with Crippen LogP contribution in [0, 0.1) is 12.8 Å². The largest absolute Gasteiger partial charge is 0.367 e. The summed E-state index contributed by atoms with van der Waals surface area (Å²) >= 11 is 1.61. The van der Waals surface area contributed by atoms with E-state index < -0.39 is 0 Å². The van der Waals surface area contributed by atoms with Gasteiger partial charge >= 0.3 is 6.03 Å². The first-order valence-electron chi connectivity index (χ1n) is 8.37. The Morgan fingerprint density at radius 2 is 2.35 bits per heavy atom. The van der Waals surface area contributed by atoms with Gasteiger partial charge in [-0.25, -0.2) is 9.78 Å². The molecule has 1 N–H and O–H groups in total. The summed E-state index contributed by atoms with van der Waals surface area (Å²) in [6, 6.07) is 0.0276. The summed E-state index contributed by atoms with van der Waals surface area (Å²) in [5.74, 6) is 0.566. The molecule has 2 atom stereocenters. The van der Waals surface area contributed by atoms with Crippen molar-refractivity contribution in [3.05, 3.63) is 16.1 Å². The number of rotatable bonds is 3. The summed E-state index contributed by atoms with van der Waals surface area (Å²) in [6.45, 7) is 6.80. The van der Waals surface area contributed by atoms with Crippen molar-refractivity contribution in [3.8, 4) is 0 Å². The number of aromatic nitrogens is 1. The van der Waals surface area contributed by atoms with E-state index in [1.807, 2.05) is 17.2 Å². The summed E-state index contributed by atoms with van der Waals surface area (Å²) in [4.78, 5) is 21.1. The van der Waals surface area contributed by atoms with Crippen molar-refractivity contribution in [2.45, 2.75) is 25.9 Å². The molecule has 1 aromatic heterocycles. The third kappa shape index (κ3) is 4.43.